The number of quaternary nitrogens is 1. The molecule has 0 radical (unpaired) electrons. The molecule has 0 atom stereocenters. The van der Waals surface area contributed by atoms with E-state index in [4.69, 9.17) is 28.5 Å². The lowest BCUT2D eigenvalue weighted by Crippen LogP contribution is -2.90. The van der Waals surface area contributed by atoms with Gasteiger partial charge in [0.1, 0.15) is 5.57 Å². The summed E-state index contributed by atoms with van der Waals surface area (Å²) in [6, 6.07) is 0. The fraction of sp³-hybridized carbons (Fsp3) is 0.200. The number of alkyl halides is 1. The lowest BCUT2D eigenvalue weighted by atomic mass is 10.2. The highest BCUT2D eigenvalue weighted by Crippen LogP contribution is 2.06. The van der Waals surface area contributed by atoms with E-state index in [-0.39, 0.29) is 23.2 Å². The van der Waals surface area contributed by atoms with Crippen molar-refractivity contribution >= 4 is 35.4 Å². The summed E-state index contributed by atoms with van der Waals surface area (Å²) in [5.41, 5.74) is 11.2. The first kappa shape index (κ1) is 15.0. The Bertz CT molecular complexity index is 518. The van der Waals surface area contributed by atoms with Gasteiger partial charge in [-0.05, 0) is 0 Å². The molecule has 9 heteroatoms. The van der Waals surface area contributed by atoms with Gasteiger partial charge in [0.2, 0.25) is 5.82 Å². The van der Waals surface area contributed by atoms with E-state index in [0.29, 0.717) is 12.4 Å². The van der Waals surface area contributed by atoms with Crippen LogP contribution in [0.5, 0.6) is 0 Å². The molecule has 0 aromatic carbocycles. The van der Waals surface area contributed by atoms with Crippen LogP contribution in [0.25, 0.3) is 0 Å². The van der Waals surface area contributed by atoms with Crippen LogP contribution in [0.15, 0.2) is 38.8 Å². The molecule has 1 aliphatic heterocycles. The molecule has 0 saturated heterocycles. The number of nitrogens with two attached hydrogens (primary N) is 3. The highest BCUT2D eigenvalue weighted by Gasteiger charge is 2.23. The molecule has 0 saturated carbocycles. The van der Waals surface area contributed by atoms with Gasteiger partial charge in [-0.1, -0.05) is 6.58 Å². The zero-order chi connectivity index (χ0) is 14.4. The van der Waals surface area contributed by atoms with Gasteiger partial charge in [0.25, 0.3) is 0 Å². The number of guanidine groups is 1. The largest absolute Gasteiger partial charge is 0.381 e. The number of hydrogen-bond donors (Lipinski definition) is 4. The van der Waals surface area contributed by atoms with E-state index in [9.17, 15) is 4.39 Å². The highest BCUT2D eigenvalue weighted by molar-refractivity contribution is 6.19. The first-order valence-corrected chi connectivity index (χ1v) is 5.76. The zero-order valence-corrected chi connectivity index (χ0v) is 10.8. The van der Waals surface area contributed by atoms with Crippen LogP contribution in [0.4, 0.5) is 4.39 Å². The molecule has 0 aliphatic carbocycles. The van der Waals surface area contributed by atoms with E-state index >= 15 is 0 Å². The van der Waals surface area contributed by atoms with Gasteiger partial charge < -0.3 is 16.9 Å². The Labute approximate surface area is 114 Å². The van der Waals surface area contributed by atoms with Gasteiger partial charge in [0.05, 0.1) is 6.54 Å². The second-order valence-electron chi connectivity index (χ2n) is 3.42. The molecule has 19 heavy (non-hydrogen) atoms. The Morgan fingerprint density at radius 2 is 2.32 bits per heavy atom. The maximum atomic E-state index is 12.8. The van der Waals surface area contributed by atoms with Crippen LogP contribution in [0.1, 0.15) is 0 Å². The molecule has 0 unspecified atom stereocenters. The van der Waals surface area contributed by atoms with Crippen molar-refractivity contribution in [3.8, 4) is 0 Å². The fourth-order valence-corrected chi connectivity index (χ4v) is 1.32. The summed E-state index contributed by atoms with van der Waals surface area (Å²) in [5.74, 6) is -0.410. The average molecular weight is 287 g/mol. The first-order valence-electron chi connectivity index (χ1n) is 5.23. The van der Waals surface area contributed by atoms with Crippen LogP contribution in [0.2, 0.25) is 0 Å². The molecular formula is C10H14ClFN7+. The smallest absolute Gasteiger partial charge is 0.304 e. The molecule has 7 N–H and O–H groups in total. The van der Waals surface area contributed by atoms with Crippen LogP contribution >= 0.6 is 11.6 Å². The maximum Gasteiger partial charge on any atom is 0.304 e. The number of amidine groups is 2. The second kappa shape index (κ2) is 6.76. The minimum atomic E-state index is -0.870. The number of nitrogens with zero attached hydrogens (tertiary/aromatic N) is 3. The summed E-state index contributed by atoms with van der Waals surface area (Å²) in [7, 11) is 0. The van der Waals surface area contributed by atoms with Crippen molar-refractivity contribution in [3.05, 3.63) is 23.8 Å². The summed E-state index contributed by atoms with van der Waals surface area (Å²) in [6.07, 6.45) is 0.993. The van der Waals surface area contributed by atoms with Gasteiger partial charge in [-0.2, -0.15) is 9.98 Å². The Kier molecular flexibility index (Phi) is 5.34. The van der Waals surface area contributed by atoms with Gasteiger partial charge >= 0.3 is 5.96 Å². The van der Waals surface area contributed by atoms with Crippen molar-refractivity contribution in [2.45, 2.75) is 0 Å². The Morgan fingerprint density at radius 3 is 2.84 bits per heavy atom. The van der Waals surface area contributed by atoms with E-state index in [2.05, 4.69) is 21.6 Å². The van der Waals surface area contributed by atoms with Gasteiger partial charge in [-0.3, -0.25) is 4.99 Å². The lowest BCUT2D eigenvalue weighted by molar-refractivity contribution is -0.488. The third-order valence-corrected chi connectivity index (χ3v) is 2.21. The summed E-state index contributed by atoms with van der Waals surface area (Å²) in [4.78, 5) is 11.9. The Morgan fingerprint density at radius 1 is 1.63 bits per heavy atom. The van der Waals surface area contributed by atoms with E-state index in [1.165, 1.54) is 5.32 Å². The van der Waals surface area contributed by atoms with Gasteiger partial charge in [0, 0.05) is 12.1 Å². The molecule has 1 rings (SSSR count). The molecule has 1 heterocycles. The predicted molar refractivity (Wildman–Crippen MR) is 74.2 cm³/mol. The molecule has 0 spiro atoms. The van der Waals surface area contributed by atoms with Crippen molar-refractivity contribution < 1.29 is 9.71 Å². The monoisotopic (exact) mass is 286 g/mol. The molecule has 0 aromatic rings. The minimum absolute atomic E-state index is 0.134. The number of halogens is 2. The molecule has 0 amide bonds. The van der Waals surface area contributed by atoms with Crippen molar-refractivity contribution in [3.63, 3.8) is 0 Å². The van der Waals surface area contributed by atoms with Gasteiger partial charge in [-0.15, -0.1) is 11.6 Å². The number of nitrogens with one attached hydrogen (secondary N) is 1. The maximum absolute atomic E-state index is 12.8. The van der Waals surface area contributed by atoms with E-state index in [0.717, 1.165) is 6.21 Å². The Balaban J connectivity index is 3.24. The van der Waals surface area contributed by atoms with Crippen molar-refractivity contribution in [1.82, 2.24) is 0 Å². The molecule has 0 bridgehead atoms. The van der Waals surface area contributed by atoms with E-state index < -0.39 is 11.7 Å². The van der Waals surface area contributed by atoms with E-state index in [1.807, 2.05) is 0 Å². The zero-order valence-electron chi connectivity index (χ0n) is 10.0. The quantitative estimate of drug-likeness (QED) is 0.300. The molecule has 7 nitrogen and oxygen atoms in total. The molecule has 0 fully saturated rings. The van der Waals surface area contributed by atoms with Crippen LogP contribution in [-0.4, -0.2) is 36.3 Å². The van der Waals surface area contributed by atoms with Crippen molar-refractivity contribution in [2.75, 3.05) is 12.4 Å². The van der Waals surface area contributed by atoms with Crippen LogP contribution in [0.3, 0.4) is 0 Å². The van der Waals surface area contributed by atoms with Crippen molar-refractivity contribution in [1.29, 1.82) is 5.41 Å². The summed E-state index contributed by atoms with van der Waals surface area (Å²) < 4.78 is 12.8. The number of aliphatic imine (C=N–C) groups is 3. The predicted octanol–water partition coefficient (Wildman–Crippen LogP) is -0.783. The van der Waals surface area contributed by atoms with E-state index in [1.54, 1.807) is 0 Å². The first-order chi connectivity index (χ1) is 8.99. The van der Waals surface area contributed by atoms with Gasteiger partial charge in [-0.25, -0.2) is 9.71 Å². The molecule has 1 aliphatic rings. The van der Waals surface area contributed by atoms with Crippen LogP contribution < -0.4 is 16.8 Å². The summed E-state index contributed by atoms with van der Waals surface area (Å²) >= 11 is 5.53. The lowest BCUT2D eigenvalue weighted by Gasteiger charge is -2.11. The van der Waals surface area contributed by atoms with Crippen molar-refractivity contribution in [2.24, 2.45) is 26.4 Å². The van der Waals surface area contributed by atoms with Crippen LogP contribution in [0, 0.1) is 5.41 Å². The number of hydrogen-bond acceptors (Lipinski definition) is 4. The van der Waals surface area contributed by atoms with Gasteiger partial charge in [0.15, 0.2) is 17.5 Å². The fourth-order valence-electron chi connectivity index (χ4n) is 1.24. The standard InChI is InChI=1S/C10H13ClFN7/c1-5(12)7(14)17-9-6(4-13)8(16-3-2-11)18-10(15)19-9/h4,13H,1-3H2,(H5,14,15,16,17,18,19)/p+1. The summed E-state index contributed by atoms with van der Waals surface area (Å²) in [6.45, 7) is 3.35. The third kappa shape index (κ3) is 3.97. The topological polar surface area (TPSA) is 130 Å². The summed E-state index contributed by atoms with van der Waals surface area (Å²) in [5, 5.41) is 8.73. The number of rotatable bonds is 5. The molecule has 0 aromatic heterocycles. The molecule has 102 valence electrons. The normalized spacial score (nSPS) is 18.5. The minimum Gasteiger partial charge on any atom is -0.381 e. The molecular weight excluding hydrogens is 273 g/mol. The van der Waals surface area contributed by atoms with Crippen LogP contribution in [-0.2, 0) is 0 Å². The highest BCUT2D eigenvalue weighted by atomic mass is 35.5. The Hall–Kier alpha value is -2.06. The second-order valence-corrected chi connectivity index (χ2v) is 3.80. The SMILES string of the molecule is C=C(F)/C(N)=N/C1=C(C=N)C(=NCCCl)N=C(N)[NH2+]1. The average Bonchev–Trinajstić information content (AvgIpc) is 2.35. The third-order valence-electron chi connectivity index (χ3n) is 2.05.